The van der Waals surface area contributed by atoms with Gasteiger partial charge in [0.2, 0.25) is 0 Å². The van der Waals surface area contributed by atoms with E-state index in [1.807, 2.05) is 36.4 Å². The maximum Gasteiger partial charge on any atom is 0.161 e. The summed E-state index contributed by atoms with van der Waals surface area (Å²) in [5.74, 6) is 5.59. The highest BCUT2D eigenvalue weighted by Gasteiger charge is 2.37. The van der Waals surface area contributed by atoms with Crippen molar-refractivity contribution in [1.82, 2.24) is 0 Å². The second-order valence-electron chi connectivity index (χ2n) is 7.63. The molecule has 4 rings (SSSR count). The van der Waals surface area contributed by atoms with Gasteiger partial charge in [0.25, 0.3) is 0 Å². The molecular weight excluding hydrogens is 416 g/mol. The molecule has 0 fully saturated rings. The van der Waals surface area contributed by atoms with Crippen LogP contribution in [0.25, 0.3) is 0 Å². The molecule has 170 valence electrons. The summed E-state index contributed by atoms with van der Waals surface area (Å²) >= 11 is 0. The van der Waals surface area contributed by atoms with Crippen molar-refractivity contribution in [2.75, 3.05) is 44.8 Å². The monoisotopic (exact) mass is 444 g/mol. The second-order valence-corrected chi connectivity index (χ2v) is 7.63. The Kier molecular flexibility index (Phi) is 6.50. The molecule has 0 bridgehead atoms. The van der Waals surface area contributed by atoms with Crippen molar-refractivity contribution in [3.8, 4) is 35.3 Å². The molecule has 33 heavy (non-hydrogen) atoms. The first-order valence-corrected chi connectivity index (χ1v) is 10.6. The molecule has 1 unspecified atom stereocenters. The first kappa shape index (κ1) is 22.2. The van der Waals surface area contributed by atoms with Crippen molar-refractivity contribution in [2.45, 2.75) is 12.7 Å². The number of para-hydroxylation sites is 2. The van der Waals surface area contributed by atoms with Crippen LogP contribution in [-0.4, -0.2) is 35.0 Å². The molecule has 1 atom stereocenters. The summed E-state index contributed by atoms with van der Waals surface area (Å²) in [6, 6.07) is 20.3. The minimum Gasteiger partial charge on any atom is -0.493 e. The Bertz CT molecular complexity index is 1170. The van der Waals surface area contributed by atoms with Gasteiger partial charge in [-0.05, 0) is 47.5 Å². The maximum absolute atomic E-state index is 5.79. The summed E-state index contributed by atoms with van der Waals surface area (Å²) in [6.07, 6.45) is 5.67. The van der Waals surface area contributed by atoms with Crippen LogP contribution < -0.4 is 28.7 Å². The molecule has 0 saturated carbocycles. The Labute approximate surface area is 195 Å². The smallest absolute Gasteiger partial charge is 0.161 e. The van der Waals surface area contributed by atoms with E-state index in [1.165, 1.54) is 0 Å². The van der Waals surface area contributed by atoms with E-state index < -0.39 is 0 Å². The molecule has 3 aromatic carbocycles. The molecule has 0 saturated heterocycles. The third kappa shape index (κ3) is 4.10. The normalized spacial score (nSPS) is 14.5. The van der Waals surface area contributed by atoms with Gasteiger partial charge in [0.05, 0.1) is 46.4 Å². The van der Waals surface area contributed by atoms with Crippen molar-refractivity contribution >= 4 is 11.4 Å². The molecule has 0 aromatic heterocycles. The minimum atomic E-state index is -0.119. The van der Waals surface area contributed by atoms with Crippen LogP contribution in [0.1, 0.15) is 17.3 Å². The molecule has 0 amide bonds. The van der Waals surface area contributed by atoms with Gasteiger partial charge in [-0.3, -0.25) is 0 Å². The Morgan fingerprint density at radius 3 is 1.91 bits per heavy atom. The number of fused-ring (bicyclic) bond motifs is 1. The van der Waals surface area contributed by atoms with E-state index in [2.05, 4.69) is 40.0 Å². The topological polar surface area (TPSA) is 43.4 Å². The molecule has 0 N–H and O–H groups in total. The summed E-state index contributed by atoms with van der Waals surface area (Å²) in [7, 11) is 6.56. The lowest BCUT2D eigenvalue weighted by atomic mass is 10.1. The van der Waals surface area contributed by atoms with E-state index in [0.717, 1.165) is 22.5 Å². The van der Waals surface area contributed by atoms with Crippen LogP contribution in [0, 0.1) is 12.3 Å². The molecule has 1 heterocycles. The molecular formula is C27H28N2O4. The van der Waals surface area contributed by atoms with Gasteiger partial charge in [0, 0.05) is 6.54 Å². The molecule has 1 aliphatic rings. The Balaban J connectivity index is 1.81. The van der Waals surface area contributed by atoms with Crippen molar-refractivity contribution in [2.24, 2.45) is 0 Å². The highest BCUT2D eigenvalue weighted by molar-refractivity contribution is 5.79. The van der Waals surface area contributed by atoms with E-state index in [4.69, 9.17) is 25.4 Å². The van der Waals surface area contributed by atoms with Crippen molar-refractivity contribution in [3.63, 3.8) is 0 Å². The number of hydrogen-bond donors (Lipinski definition) is 0. The SMILES string of the molecule is C#CCN1c2ccccc2N(Cc2ccc(OC)c(OC)c2)C1c1ccc(OC)c(OC)c1. The Hall–Kier alpha value is -3.98. The fraction of sp³-hybridized carbons (Fsp3) is 0.259. The highest BCUT2D eigenvalue weighted by atomic mass is 16.5. The van der Waals surface area contributed by atoms with Gasteiger partial charge in [-0.25, -0.2) is 0 Å². The van der Waals surface area contributed by atoms with Gasteiger partial charge < -0.3 is 28.7 Å². The van der Waals surface area contributed by atoms with E-state index in [9.17, 15) is 0 Å². The maximum atomic E-state index is 5.79. The largest absolute Gasteiger partial charge is 0.493 e. The highest BCUT2D eigenvalue weighted by Crippen LogP contribution is 2.48. The standard InChI is InChI=1S/C27H28N2O4/c1-6-15-28-21-9-7-8-10-22(21)29(18-19-11-13-23(30-2)25(16-19)32-4)27(28)20-12-14-24(31-3)26(17-20)33-5/h1,7-14,16-17,27H,15,18H2,2-5H3. The van der Waals surface area contributed by atoms with Crippen LogP contribution in [0.2, 0.25) is 0 Å². The fourth-order valence-corrected chi connectivity index (χ4v) is 4.37. The van der Waals surface area contributed by atoms with Gasteiger partial charge in [0.15, 0.2) is 23.0 Å². The van der Waals surface area contributed by atoms with Crippen LogP contribution in [-0.2, 0) is 6.54 Å². The summed E-state index contributed by atoms with van der Waals surface area (Å²) < 4.78 is 22.0. The van der Waals surface area contributed by atoms with E-state index >= 15 is 0 Å². The molecule has 3 aromatic rings. The number of nitrogens with zero attached hydrogens (tertiary/aromatic N) is 2. The Morgan fingerprint density at radius 2 is 1.30 bits per heavy atom. The number of rotatable bonds is 8. The quantitative estimate of drug-likeness (QED) is 0.462. The lowest BCUT2D eigenvalue weighted by molar-refractivity contribution is 0.354. The predicted molar refractivity (Wildman–Crippen MR) is 131 cm³/mol. The summed E-state index contributed by atoms with van der Waals surface area (Å²) in [5.41, 5.74) is 4.35. The van der Waals surface area contributed by atoms with E-state index in [-0.39, 0.29) is 6.17 Å². The molecule has 6 nitrogen and oxygen atoms in total. The summed E-state index contributed by atoms with van der Waals surface area (Å²) in [5, 5.41) is 0. The molecule has 0 aliphatic carbocycles. The molecule has 6 heteroatoms. The summed E-state index contributed by atoms with van der Waals surface area (Å²) in [4.78, 5) is 4.58. The number of benzene rings is 3. The number of anilines is 2. The molecule has 1 aliphatic heterocycles. The van der Waals surface area contributed by atoms with Crippen LogP contribution in [0.3, 0.4) is 0 Å². The van der Waals surface area contributed by atoms with Crippen LogP contribution >= 0.6 is 0 Å². The lowest BCUT2D eigenvalue weighted by Gasteiger charge is -2.33. The first-order valence-electron chi connectivity index (χ1n) is 10.6. The predicted octanol–water partition coefficient (Wildman–Crippen LogP) is 4.88. The third-order valence-electron chi connectivity index (χ3n) is 5.86. The average molecular weight is 445 g/mol. The van der Waals surface area contributed by atoms with Gasteiger partial charge in [0.1, 0.15) is 6.17 Å². The Morgan fingerprint density at radius 1 is 0.727 bits per heavy atom. The zero-order chi connectivity index (χ0) is 23.4. The van der Waals surface area contributed by atoms with Gasteiger partial charge in [-0.1, -0.05) is 30.2 Å². The second kappa shape index (κ2) is 9.66. The number of terminal acetylenes is 1. The fourth-order valence-electron chi connectivity index (χ4n) is 4.37. The van der Waals surface area contributed by atoms with Crippen molar-refractivity contribution in [3.05, 3.63) is 71.8 Å². The van der Waals surface area contributed by atoms with Crippen molar-refractivity contribution < 1.29 is 18.9 Å². The van der Waals surface area contributed by atoms with Gasteiger partial charge >= 0.3 is 0 Å². The van der Waals surface area contributed by atoms with Crippen LogP contribution in [0.5, 0.6) is 23.0 Å². The number of hydrogen-bond acceptors (Lipinski definition) is 6. The number of methoxy groups -OCH3 is 4. The van der Waals surface area contributed by atoms with Gasteiger partial charge in [-0.2, -0.15) is 0 Å². The number of ether oxygens (including phenoxy) is 4. The van der Waals surface area contributed by atoms with Crippen LogP contribution in [0.15, 0.2) is 60.7 Å². The zero-order valence-corrected chi connectivity index (χ0v) is 19.4. The average Bonchev–Trinajstić information content (AvgIpc) is 3.16. The molecule has 0 radical (unpaired) electrons. The van der Waals surface area contributed by atoms with Crippen molar-refractivity contribution in [1.29, 1.82) is 0 Å². The van der Waals surface area contributed by atoms with E-state index in [1.54, 1.807) is 28.4 Å². The van der Waals surface area contributed by atoms with Crippen LogP contribution in [0.4, 0.5) is 11.4 Å². The third-order valence-corrected chi connectivity index (χ3v) is 5.86. The zero-order valence-electron chi connectivity index (χ0n) is 19.4. The molecule has 0 spiro atoms. The van der Waals surface area contributed by atoms with E-state index in [0.29, 0.717) is 36.1 Å². The van der Waals surface area contributed by atoms with Gasteiger partial charge in [-0.15, -0.1) is 6.42 Å². The minimum absolute atomic E-state index is 0.119. The summed E-state index contributed by atoms with van der Waals surface area (Å²) in [6.45, 7) is 1.12. The first-order chi connectivity index (χ1) is 16.1. The lowest BCUT2D eigenvalue weighted by Crippen LogP contribution is -2.35.